The summed E-state index contributed by atoms with van der Waals surface area (Å²) in [5, 5.41) is 3.59. The SMILES string of the molecule is CCCOc1c(Br)cc(CNCC2CCN(CC)C2)cc1OC. The van der Waals surface area contributed by atoms with Gasteiger partial charge in [-0.3, -0.25) is 0 Å². The summed E-state index contributed by atoms with van der Waals surface area (Å²) in [6, 6.07) is 4.18. The molecule has 1 aliphatic heterocycles. The van der Waals surface area contributed by atoms with E-state index in [4.69, 9.17) is 9.47 Å². The molecule has 2 rings (SSSR count). The highest BCUT2D eigenvalue weighted by Gasteiger charge is 2.20. The van der Waals surface area contributed by atoms with Crippen LogP contribution in [0.15, 0.2) is 16.6 Å². The zero-order chi connectivity index (χ0) is 16.7. The largest absolute Gasteiger partial charge is 0.493 e. The molecule has 0 aromatic heterocycles. The van der Waals surface area contributed by atoms with E-state index in [-0.39, 0.29) is 0 Å². The number of likely N-dealkylation sites (tertiary alicyclic amines) is 1. The summed E-state index contributed by atoms with van der Waals surface area (Å²) in [5.41, 5.74) is 1.21. The minimum Gasteiger partial charge on any atom is -0.493 e. The van der Waals surface area contributed by atoms with E-state index in [0.29, 0.717) is 6.61 Å². The van der Waals surface area contributed by atoms with E-state index in [1.165, 1.54) is 31.6 Å². The van der Waals surface area contributed by atoms with Crippen molar-refractivity contribution >= 4 is 15.9 Å². The van der Waals surface area contributed by atoms with Crippen LogP contribution in [0.1, 0.15) is 32.3 Å². The van der Waals surface area contributed by atoms with Gasteiger partial charge in [-0.1, -0.05) is 13.8 Å². The number of methoxy groups -OCH3 is 1. The summed E-state index contributed by atoms with van der Waals surface area (Å²) in [4.78, 5) is 2.52. The Morgan fingerprint density at radius 3 is 2.83 bits per heavy atom. The molecule has 0 amide bonds. The molecule has 0 saturated carbocycles. The third kappa shape index (κ3) is 5.37. The van der Waals surface area contributed by atoms with E-state index < -0.39 is 0 Å². The van der Waals surface area contributed by atoms with Crippen LogP contribution in [0, 0.1) is 5.92 Å². The van der Waals surface area contributed by atoms with Crippen LogP contribution in [0.25, 0.3) is 0 Å². The molecular weight excluding hydrogens is 356 g/mol. The normalized spacial score (nSPS) is 18.3. The van der Waals surface area contributed by atoms with E-state index in [1.54, 1.807) is 7.11 Å². The molecule has 1 fully saturated rings. The molecule has 0 radical (unpaired) electrons. The number of nitrogens with one attached hydrogen (secondary N) is 1. The average molecular weight is 385 g/mol. The lowest BCUT2D eigenvalue weighted by Crippen LogP contribution is -2.26. The molecule has 130 valence electrons. The van der Waals surface area contributed by atoms with Gasteiger partial charge in [0.1, 0.15) is 0 Å². The standard InChI is InChI=1S/C18H29BrN2O2/c1-4-8-23-18-16(19)9-15(10-17(18)22-3)12-20-11-14-6-7-21(5-2)13-14/h9-10,14,20H,4-8,11-13H2,1-3H3. The van der Waals surface area contributed by atoms with E-state index in [1.807, 2.05) is 0 Å². The zero-order valence-electron chi connectivity index (χ0n) is 14.5. The lowest BCUT2D eigenvalue weighted by atomic mass is 10.1. The first-order chi connectivity index (χ1) is 11.2. The average Bonchev–Trinajstić information content (AvgIpc) is 3.01. The second-order valence-corrected chi connectivity index (χ2v) is 6.99. The smallest absolute Gasteiger partial charge is 0.175 e. The fourth-order valence-corrected chi connectivity index (χ4v) is 3.61. The van der Waals surface area contributed by atoms with Crippen molar-refractivity contribution in [2.75, 3.05) is 39.9 Å². The lowest BCUT2D eigenvalue weighted by Gasteiger charge is -2.16. The van der Waals surface area contributed by atoms with Gasteiger partial charge in [0.25, 0.3) is 0 Å². The molecule has 1 aromatic rings. The van der Waals surface area contributed by atoms with Crippen molar-refractivity contribution in [3.8, 4) is 11.5 Å². The summed E-state index contributed by atoms with van der Waals surface area (Å²) in [6.07, 6.45) is 2.28. The van der Waals surface area contributed by atoms with E-state index in [0.717, 1.165) is 41.4 Å². The maximum atomic E-state index is 5.78. The minimum atomic E-state index is 0.697. The highest BCUT2D eigenvalue weighted by molar-refractivity contribution is 9.10. The van der Waals surface area contributed by atoms with Gasteiger partial charge in [-0.25, -0.2) is 0 Å². The van der Waals surface area contributed by atoms with Crippen molar-refractivity contribution in [1.82, 2.24) is 10.2 Å². The summed E-state index contributed by atoms with van der Waals surface area (Å²) in [5.74, 6) is 2.36. The Morgan fingerprint density at radius 1 is 1.35 bits per heavy atom. The second kappa shape index (κ2) is 9.50. The predicted octanol–water partition coefficient (Wildman–Crippen LogP) is 3.68. The van der Waals surface area contributed by atoms with E-state index >= 15 is 0 Å². The highest BCUT2D eigenvalue weighted by atomic mass is 79.9. The van der Waals surface area contributed by atoms with Gasteiger partial charge in [0.2, 0.25) is 0 Å². The van der Waals surface area contributed by atoms with Crippen molar-refractivity contribution in [3.05, 3.63) is 22.2 Å². The topological polar surface area (TPSA) is 33.7 Å². The molecule has 23 heavy (non-hydrogen) atoms. The Bertz CT molecular complexity index is 496. The Balaban J connectivity index is 1.89. The number of rotatable bonds is 9. The minimum absolute atomic E-state index is 0.697. The van der Waals surface area contributed by atoms with Crippen LogP contribution >= 0.6 is 15.9 Å². The molecule has 1 heterocycles. The zero-order valence-corrected chi connectivity index (χ0v) is 16.1. The van der Waals surface area contributed by atoms with Crippen molar-refractivity contribution in [3.63, 3.8) is 0 Å². The first-order valence-electron chi connectivity index (χ1n) is 8.60. The summed E-state index contributed by atoms with van der Waals surface area (Å²) >= 11 is 3.60. The molecule has 1 aromatic carbocycles. The number of ether oxygens (including phenoxy) is 2. The van der Waals surface area contributed by atoms with Gasteiger partial charge in [0.15, 0.2) is 11.5 Å². The Hall–Kier alpha value is -0.780. The third-order valence-corrected chi connectivity index (χ3v) is 4.91. The van der Waals surface area contributed by atoms with Crippen molar-refractivity contribution in [2.24, 2.45) is 5.92 Å². The quantitative estimate of drug-likeness (QED) is 0.703. The van der Waals surface area contributed by atoms with Gasteiger partial charge in [-0.05, 0) is 72.0 Å². The maximum absolute atomic E-state index is 5.78. The molecular formula is C18H29BrN2O2. The molecule has 0 bridgehead atoms. The van der Waals surface area contributed by atoms with Crippen LogP contribution in [0.3, 0.4) is 0 Å². The molecule has 0 aliphatic carbocycles. The van der Waals surface area contributed by atoms with E-state index in [9.17, 15) is 0 Å². The Labute approximate surface area is 148 Å². The summed E-state index contributed by atoms with van der Waals surface area (Å²) in [7, 11) is 1.69. The molecule has 0 spiro atoms. The van der Waals surface area contributed by atoms with Crippen LogP contribution < -0.4 is 14.8 Å². The summed E-state index contributed by atoms with van der Waals surface area (Å²) in [6.45, 7) is 10.6. The molecule has 5 heteroatoms. The van der Waals surface area contributed by atoms with Crippen LogP contribution in [0.5, 0.6) is 11.5 Å². The number of hydrogen-bond acceptors (Lipinski definition) is 4. The third-order valence-electron chi connectivity index (χ3n) is 4.32. The highest BCUT2D eigenvalue weighted by Crippen LogP contribution is 2.36. The van der Waals surface area contributed by atoms with Crippen molar-refractivity contribution < 1.29 is 9.47 Å². The van der Waals surface area contributed by atoms with Crippen molar-refractivity contribution in [1.29, 1.82) is 0 Å². The van der Waals surface area contributed by atoms with Crippen LogP contribution in [0.2, 0.25) is 0 Å². The van der Waals surface area contributed by atoms with E-state index in [2.05, 4.69) is 52.1 Å². The molecule has 1 saturated heterocycles. The van der Waals surface area contributed by atoms with Gasteiger partial charge in [-0.15, -0.1) is 0 Å². The molecule has 1 aliphatic rings. The first kappa shape index (κ1) is 18.6. The molecule has 4 nitrogen and oxygen atoms in total. The molecule has 1 unspecified atom stereocenters. The van der Waals surface area contributed by atoms with Crippen LogP contribution in [-0.2, 0) is 6.54 Å². The monoisotopic (exact) mass is 384 g/mol. The lowest BCUT2D eigenvalue weighted by molar-refractivity contribution is 0.292. The van der Waals surface area contributed by atoms with Crippen LogP contribution in [-0.4, -0.2) is 44.8 Å². The maximum Gasteiger partial charge on any atom is 0.175 e. The Kier molecular flexibility index (Phi) is 7.66. The van der Waals surface area contributed by atoms with Crippen molar-refractivity contribution in [2.45, 2.75) is 33.2 Å². The van der Waals surface area contributed by atoms with Gasteiger partial charge in [0.05, 0.1) is 18.2 Å². The first-order valence-corrected chi connectivity index (χ1v) is 9.39. The number of benzene rings is 1. The number of halogens is 1. The molecule has 1 atom stereocenters. The summed E-state index contributed by atoms with van der Waals surface area (Å²) < 4.78 is 12.2. The fraction of sp³-hybridized carbons (Fsp3) is 0.667. The Morgan fingerprint density at radius 2 is 2.17 bits per heavy atom. The van der Waals surface area contributed by atoms with Gasteiger partial charge in [-0.2, -0.15) is 0 Å². The van der Waals surface area contributed by atoms with Gasteiger partial charge >= 0.3 is 0 Å². The second-order valence-electron chi connectivity index (χ2n) is 6.14. The fourth-order valence-electron chi connectivity index (χ4n) is 3.01. The molecule has 1 N–H and O–H groups in total. The number of nitrogens with zero attached hydrogens (tertiary/aromatic N) is 1. The van der Waals surface area contributed by atoms with Crippen LogP contribution in [0.4, 0.5) is 0 Å². The van der Waals surface area contributed by atoms with Gasteiger partial charge in [0, 0.05) is 13.1 Å². The van der Waals surface area contributed by atoms with Gasteiger partial charge < -0.3 is 19.7 Å². The number of hydrogen-bond donors (Lipinski definition) is 1. The predicted molar refractivity (Wildman–Crippen MR) is 98.4 cm³/mol.